The van der Waals surface area contributed by atoms with Crippen LogP contribution in [0, 0.1) is 5.82 Å². The molecule has 16 heavy (non-hydrogen) atoms. The fourth-order valence-corrected chi connectivity index (χ4v) is 2.18. The summed E-state index contributed by atoms with van der Waals surface area (Å²) in [5.41, 5.74) is 0.236. The maximum absolute atomic E-state index is 13.4. The molecule has 1 N–H and O–H groups in total. The molecule has 0 saturated heterocycles. The Hall–Kier alpha value is -1.43. The van der Waals surface area contributed by atoms with Crippen molar-refractivity contribution in [2.24, 2.45) is 0 Å². The topological polar surface area (TPSA) is 71.4 Å². The first-order valence-electron chi connectivity index (χ1n) is 4.60. The minimum absolute atomic E-state index is 0.192. The molecule has 0 radical (unpaired) electrons. The molecule has 1 rings (SSSR count). The van der Waals surface area contributed by atoms with Gasteiger partial charge in [-0.2, -0.15) is 0 Å². The number of hydrogen-bond acceptors (Lipinski definition) is 3. The molecule has 6 heteroatoms. The zero-order valence-electron chi connectivity index (χ0n) is 8.60. The lowest BCUT2D eigenvalue weighted by atomic mass is 10.1. The van der Waals surface area contributed by atoms with Crippen molar-refractivity contribution in [3.63, 3.8) is 0 Å². The molecule has 0 aliphatic heterocycles. The van der Waals surface area contributed by atoms with Crippen LogP contribution in [0.4, 0.5) is 4.39 Å². The van der Waals surface area contributed by atoms with Gasteiger partial charge in [0.1, 0.15) is 10.7 Å². The van der Waals surface area contributed by atoms with Crippen LogP contribution in [0.2, 0.25) is 0 Å². The molecule has 0 aliphatic rings. The molecule has 1 aromatic carbocycles. The molecule has 0 saturated carbocycles. The molecular formula is C10H11FO4S. The lowest BCUT2D eigenvalue weighted by molar-refractivity contribution is -0.136. The number of carbonyl (C=O) groups is 1. The van der Waals surface area contributed by atoms with Crippen LogP contribution in [0.1, 0.15) is 12.5 Å². The molecule has 88 valence electrons. The minimum atomic E-state index is -3.60. The summed E-state index contributed by atoms with van der Waals surface area (Å²) < 4.78 is 36.2. The van der Waals surface area contributed by atoms with E-state index in [9.17, 15) is 17.6 Å². The molecule has 0 fully saturated rings. The Morgan fingerprint density at radius 2 is 2.06 bits per heavy atom. The molecule has 0 unspecified atom stereocenters. The summed E-state index contributed by atoms with van der Waals surface area (Å²) in [6.07, 6.45) is -0.330. The van der Waals surface area contributed by atoms with E-state index in [-0.39, 0.29) is 22.6 Å². The van der Waals surface area contributed by atoms with Crippen molar-refractivity contribution in [3.8, 4) is 0 Å². The van der Waals surface area contributed by atoms with Gasteiger partial charge in [0, 0.05) is 0 Å². The molecule has 0 bridgehead atoms. The lowest BCUT2D eigenvalue weighted by Crippen LogP contribution is -2.07. The summed E-state index contributed by atoms with van der Waals surface area (Å²) in [7, 11) is -3.60. The first kappa shape index (κ1) is 12.6. The average Bonchev–Trinajstić information content (AvgIpc) is 2.16. The summed E-state index contributed by atoms with van der Waals surface area (Å²) in [5, 5.41) is 8.49. The van der Waals surface area contributed by atoms with E-state index >= 15 is 0 Å². The number of rotatable bonds is 4. The van der Waals surface area contributed by atoms with Crippen LogP contribution in [0.5, 0.6) is 0 Å². The summed E-state index contributed by atoms with van der Waals surface area (Å²) in [6.45, 7) is 1.42. The van der Waals surface area contributed by atoms with Gasteiger partial charge in [-0.3, -0.25) is 4.79 Å². The van der Waals surface area contributed by atoms with Crippen LogP contribution >= 0.6 is 0 Å². The second-order valence-electron chi connectivity index (χ2n) is 3.24. The number of hydrogen-bond donors (Lipinski definition) is 1. The molecule has 0 heterocycles. The van der Waals surface area contributed by atoms with Gasteiger partial charge in [0.2, 0.25) is 0 Å². The predicted molar refractivity (Wildman–Crippen MR) is 55.5 cm³/mol. The van der Waals surface area contributed by atoms with E-state index in [1.54, 1.807) is 0 Å². The summed E-state index contributed by atoms with van der Waals surface area (Å²) >= 11 is 0. The van der Waals surface area contributed by atoms with E-state index in [1.165, 1.54) is 13.0 Å². The van der Waals surface area contributed by atoms with E-state index in [1.807, 2.05) is 0 Å². The standard InChI is InChI=1S/C10H11FO4S/c1-2-16(14,15)9-4-3-7(5-8(9)11)6-10(12)13/h3-5H,2,6H2,1H3,(H,12,13). The van der Waals surface area contributed by atoms with Gasteiger partial charge < -0.3 is 5.11 Å². The Bertz CT molecular complexity index is 508. The quantitative estimate of drug-likeness (QED) is 0.867. The fourth-order valence-electron chi connectivity index (χ4n) is 1.24. The van der Waals surface area contributed by atoms with Gasteiger partial charge in [0.05, 0.1) is 12.2 Å². The van der Waals surface area contributed by atoms with Gasteiger partial charge in [0.25, 0.3) is 0 Å². The Kier molecular flexibility index (Phi) is 3.64. The fraction of sp³-hybridized carbons (Fsp3) is 0.300. The van der Waals surface area contributed by atoms with E-state index < -0.39 is 21.6 Å². The molecule has 1 aromatic rings. The highest BCUT2D eigenvalue weighted by Crippen LogP contribution is 2.17. The third-order valence-electron chi connectivity index (χ3n) is 2.07. The molecule has 0 atom stereocenters. The highest BCUT2D eigenvalue weighted by atomic mass is 32.2. The number of benzene rings is 1. The average molecular weight is 246 g/mol. The van der Waals surface area contributed by atoms with Crippen molar-refractivity contribution in [2.75, 3.05) is 5.75 Å². The Morgan fingerprint density at radius 3 is 2.50 bits per heavy atom. The Balaban J connectivity index is 3.15. The van der Waals surface area contributed by atoms with Gasteiger partial charge in [0.15, 0.2) is 9.84 Å². The van der Waals surface area contributed by atoms with Crippen LogP contribution in [-0.4, -0.2) is 25.2 Å². The zero-order chi connectivity index (χ0) is 12.3. The van der Waals surface area contributed by atoms with Crippen LogP contribution < -0.4 is 0 Å². The van der Waals surface area contributed by atoms with Gasteiger partial charge >= 0.3 is 5.97 Å². The van der Waals surface area contributed by atoms with Gasteiger partial charge in [-0.25, -0.2) is 12.8 Å². The van der Waals surface area contributed by atoms with E-state index in [0.29, 0.717) is 0 Å². The Morgan fingerprint density at radius 1 is 1.44 bits per heavy atom. The van der Waals surface area contributed by atoms with Gasteiger partial charge in [-0.05, 0) is 17.7 Å². The maximum Gasteiger partial charge on any atom is 0.307 e. The van der Waals surface area contributed by atoms with Crippen LogP contribution in [0.15, 0.2) is 23.1 Å². The van der Waals surface area contributed by atoms with Crippen molar-refractivity contribution in [3.05, 3.63) is 29.6 Å². The molecule has 0 amide bonds. The number of carboxylic acids is 1. The van der Waals surface area contributed by atoms with Crippen LogP contribution in [0.3, 0.4) is 0 Å². The summed E-state index contributed by atoms with van der Waals surface area (Å²) in [6, 6.07) is 3.35. The maximum atomic E-state index is 13.4. The number of carboxylic acid groups (broad SMARTS) is 1. The molecule has 0 aromatic heterocycles. The zero-order valence-corrected chi connectivity index (χ0v) is 9.42. The first-order valence-corrected chi connectivity index (χ1v) is 6.25. The third-order valence-corrected chi connectivity index (χ3v) is 3.83. The lowest BCUT2D eigenvalue weighted by Gasteiger charge is -2.04. The molecule has 0 spiro atoms. The smallest absolute Gasteiger partial charge is 0.307 e. The largest absolute Gasteiger partial charge is 0.481 e. The highest BCUT2D eigenvalue weighted by molar-refractivity contribution is 7.91. The number of halogens is 1. The van der Waals surface area contributed by atoms with Crippen LogP contribution in [0.25, 0.3) is 0 Å². The SMILES string of the molecule is CCS(=O)(=O)c1ccc(CC(=O)O)cc1F. The number of sulfone groups is 1. The van der Waals surface area contributed by atoms with Crippen molar-refractivity contribution < 1.29 is 22.7 Å². The van der Waals surface area contributed by atoms with Gasteiger partial charge in [-0.1, -0.05) is 13.0 Å². The molecule has 0 aliphatic carbocycles. The minimum Gasteiger partial charge on any atom is -0.481 e. The van der Waals surface area contributed by atoms with Crippen LogP contribution in [-0.2, 0) is 21.1 Å². The third kappa shape index (κ3) is 2.79. The predicted octanol–water partition coefficient (Wildman–Crippen LogP) is 1.25. The number of aliphatic carboxylic acids is 1. The van der Waals surface area contributed by atoms with Crippen molar-refractivity contribution in [2.45, 2.75) is 18.2 Å². The van der Waals surface area contributed by atoms with Crippen molar-refractivity contribution in [1.82, 2.24) is 0 Å². The summed E-state index contributed by atoms with van der Waals surface area (Å²) in [4.78, 5) is 9.99. The van der Waals surface area contributed by atoms with E-state index in [4.69, 9.17) is 5.11 Å². The molecule has 4 nitrogen and oxygen atoms in total. The van der Waals surface area contributed by atoms with E-state index in [0.717, 1.165) is 12.1 Å². The summed E-state index contributed by atoms with van der Waals surface area (Å²) in [5.74, 6) is -2.19. The first-order chi connectivity index (χ1) is 7.36. The molecular weight excluding hydrogens is 235 g/mol. The second-order valence-corrected chi connectivity index (χ2v) is 5.49. The highest BCUT2D eigenvalue weighted by Gasteiger charge is 2.17. The normalized spacial score (nSPS) is 11.4. The second kappa shape index (κ2) is 4.61. The monoisotopic (exact) mass is 246 g/mol. The Labute approximate surface area is 92.6 Å². The van der Waals surface area contributed by atoms with E-state index in [2.05, 4.69) is 0 Å². The van der Waals surface area contributed by atoms with Gasteiger partial charge in [-0.15, -0.1) is 0 Å². The van der Waals surface area contributed by atoms with Crippen molar-refractivity contribution >= 4 is 15.8 Å². The van der Waals surface area contributed by atoms with Crippen molar-refractivity contribution in [1.29, 1.82) is 0 Å².